The quantitative estimate of drug-likeness (QED) is 0.348. The Morgan fingerprint density at radius 1 is 1.39 bits per heavy atom. The van der Waals surface area contributed by atoms with Crippen molar-refractivity contribution in [2.75, 3.05) is 37.9 Å². The van der Waals surface area contributed by atoms with E-state index in [2.05, 4.69) is 41.5 Å². The molecule has 5 heteroatoms. The highest BCUT2D eigenvalue weighted by molar-refractivity contribution is 8.00. The average molecular weight is 401 g/mol. The predicted octanol–water partition coefficient (Wildman–Crippen LogP) is 5.02. The second-order valence-corrected chi connectivity index (χ2v) is 8.25. The van der Waals surface area contributed by atoms with Crippen LogP contribution in [0.1, 0.15) is 36.2 Å². The number of esters is 1. The van der Waals surface area contributed by atoms with Crippen LogP contribution in [0.2, 0.25) is 0 Å². The third-order valence-corrected chi connectivity index (χ3v) is 5.93. The molecule has 1 aromatic carbocycles. The highest BCUT2D eigenvalue weighted by atomic mass is 32.2. The van der Waals surface area contributed by atoms with Gasteiger partial charge in [-0.15, -0.1) is 11.8 Å². The predicted molar refractivity (Wildman–Crippen MR) is 121 cm³/mol. The van der Waals surface area contributed by atoms with E-state index >= 15 is 0 Å². The van der Waals surface area contributed by atoms with Gasteiger partial charge in [0, 0.05) is 23.7 Å². The molecule has 4 nitrogen and oxygen atoms in total. The summed E-state index contributed by atoms with van der Waals surface area (Å²) in [6, 6.07) is 5.79. The lowest BCUT2D eigenvalue weighted by Crippen LogP contribution is -2.28. The van der Waals surface area contributed by atoms with Crippen LogP contribution in [0.15, 0.2) is 54.3 Å². The Morgan fingerprint density at radius 2 is 2.14 bits per heavy atom. The van der Waals surface area contributed by atoms with E-state index in [9.17, 15) is 4.79 Å². The van der Waals surface area contributed by atoms with Crippen LogP contribution < -0.4 is 4.90 Å². The molecule has 0 spiro atoms. The van der Waals surface area contributed by atoms with Gasteiger partial charge in [0.25, 0.3) is 0 Å². The fourth-order valence-electron chi connectivity index (χ4n) is 3.22. The average Bonchev–Trinajstić information content (AvgIpc) is 3.04. The molecule has 0 amide bonds. The maximum Gasteiger partial charge on any atom is 0.338 e. The maximum absolute atomic E-state index is 12.4. The lowest BCUT2D eigenvalue weighted by Gasteiger charge is -2.29. The lowest BCUT2D eigenvalue weighted by molar-refractivity contribution is 0.0493. The minimum absolute atomic E-state index is 0.205. The van der Waals surface area contributed by atoms with Crippen molar-refractivity contribution >= 4 is 23.4 Å². The third kappa shape index (κ3) is 5.52. The number of carbonyl (C=O) groups excluding carboxylic acids is 1. The standard InChI is InChI=1S/C23H32N2O2S/c1-7-10-19(8-2)22-25(18(4)16-28-22)21-12-11-20(15-17(21)3)23(26)27-14-9-13-24(5)6/h7-8,10-12,15,22H,4,9,13-14,16H2,1-3,5-6H3/b10-7-,19-8+. The van der Waals surface area contributed by atoms with E-state index in [0.717, 1.165) is 35.7 Å². The van der Waals surface area contributed by atoms with Crippen molar-refractivity contribution in [2.24, 2.45) is 0 Å². The van der Waals surface area contributed by atoms with Gasteiger partial charge >= 0.3 is 5.97 Å². The summed E-state index contributed by atoms with van der Waals surface area (Å²) in [7, 11) is 4.02. The fraction of sp³-hybridized carbons (Fsp3) is 0.435. The summed E-state index contributed by atoms with van der Waals surface area (Å²) < 4.78 is 5.41. The van der Waals surface area contributed by atoms with Gasteiger partial charge in [0.2, 0.25) is 0 Å². The molecule has 1 atom stereocenters. The molecule has 2 rings (SSSR count). The van der Waals surface area contributed by atoms with Crippen molar-refractivity contribution in [3.8, 4) is 0 Å². The lowest BCUT2D eigenvalue weighted by atomic mass is 10.1. The number of allylic oxidation sites excluding steroid dienone is 2. The zero-order chi connectivity index (χ0) is 20.7. The first-order chi connectivity index (χ1) is 13.4. The zero-order valence-corrected chi connectivity index (χ0v) is 18.5. The summed E-state index contributed by atoms with van der Waals surface area (Å²) in [5.41, 5.74) is 5.08. The molecule has 1 unspecified atom stereocenters. The van der Waals surface area contributed by atoms with Gasteiger partial charge < -0.3 is 14.5 Å². The van der Waals surface area contributed by atoms with Crippen molar-refractivity contribution in [2.45, 2.75) is 32.6 Å². The molecule has 0 aliphatic carbocycles. The monoisotopic (exact) mass is 400 g/mol. The summed E-state index contributed by atoms with van der Waals surface area (Å²) in [4.78, 5) is 16.7. The van der Waals surface area contributed by atoms with Crippen LogP contribution >= 0.6 is 11.8 Å². The molecule has 1 aliphatic heterocycles. The minimum Gasteiger partial charge on any atom is -0.462 e. The van der Waals surface area contributed by atoms with Gasteiger partial charge in [0.15, 0.2) is 0 Å². The number of aryl methyl sites for hydroxylation is 1. The Morgan fingerprint density at radius 3 is 2.75 bits per heavy atom. The summed E-state index contributed by atoms with van der Waals surface area (Å²) >= 11 is 1.87. The summed E-state index contributed by atoms with van der Waals surface area (Å²) in [5, 5.41) is 0.205. The van der Waals surface area contributed by atoms with Crippen LogP contribution in [0.4, 0.5) is 5.69 Å². The fourth-order valence-corrected chi connectivity index (χ4v) is 4.53. The van der Waals surface area contributed by atoms with Crippen LogP contribution in [0.5, 0.6) is 0 Å². The Balaban J connectivity index is 2.16. The molecule has 1 heterocycles. The Kier molecular flexibility index (Phi) is 8.39. The highest BCUT2D eigenvalue weighted by Gasteiger charge is 2.31. The number of anilines is 1. The zero-order valence-electron chi connectivity index (χ0n) is 17.7. The van der Waals surface area contributed by atoms with Gasteiger partial charge in [-0.25, -0.2) is 4.79 Å². The van der Waals surface area contributed by atoms with Crippen molar-refractivity contribution in [3.63, 3.8) is 0 Å². The molecule has 0 saturated carbocycles. The first kappa shape index (κ1) is 22.3. The number of rotatable bonds is 8. The van der Waals surface area contributed by atoms with E-state index in [4.69, 9.17) is 4.74 Å². The topological polar surface area (TPSA) is 32.8 Å². The van der Waals surface area contributed by atoms with E-state index in [-0.39, 0.29) is 11.3 Å². The molecule has 0 aromatic heterocycles. The Hall–Kier alpha value is -1.98. The SMILES string of the molecule is C=C1CSC(C(/C=C\C)=C/C)N1c1ccc(C(=O)OCCCN(C)C)cc1C. The summed E-state index contributed by atoms with van der Waals surface area (Å²) in [6.07, 6.45) is 7.20. The number of carbonyl (C=O) groups is 1. The number of benzene rings is 1. The molecule has 0 bridgehead atoms. The van der Waals surface area contributed by atoms with E-state index < -0.39 is 0 Å². The van der Waals surface area contributed by atoms with Crippen LogP contribution in [0, 0.1) is 6.92 Å². The van der Waals surface area contributed by atoms with Gasteiger partial charge in [-0.05, 0) is 70.6 Å². The van der Waals surface area contributed by atoms with Crippen LogP contribution in [0.3, 0.4) is 0 Å². The molecule has 0 N–H and O–H groups in total. The van der Waals surface area contributed by atoms with Gasteiger partial charge in [0.05, 0.1) is 12.2 Å². The van der Waals surface area contributed by atoms with Crippen molar-refractivity contribution in [1.82, 2.24) is 4.90 Å². The van der Waals surface area contributed by atoms with Crippen molar-refractivity contribution in [1.29, 1.82) is 0 Å². The minimum atomic E-state index is -0.261. The summed E-state index contributed by atoms with van der Waals surface area (Å²) in [6.45, 7) is 11.7. The van der Waals surface area contributed by atoms with E-state index in [1.165, 1.54) is 5.57 Å². The molecule has 1 fully saturated rings. The molecular formula is C23H32N2O2S. The molecule has 1 saturated heterocycles. The summed E-state index contributed by atoms with van der Waals surface area (Å²) in [5.74, 6) is 0.636. The molecule has 0 radical (unpaired) electrons. The number of hydrogen-bond donors (Lipinski definition) is 0. The molecule has 152 valence electrons. The number of thioether (sulfide) groups is 1. The first-order valence-corrected chi connectivity index (χ1v) is 10.7. The maximum atomic E-state index is 12.4. The van der Waals surface area contributed by atoms with Gasteiger partial charge in [-0.1, -0.05) is 24.8 Å². The van der Waals surface area contributed by atoms with Crippen molar-refractivity contribution < 1.29 is 9.53 Å². The second-order valence-electron chi connectivity index (χ2n) is 7.18. The number of ether oxygens (including phenoxy) is 1. The molecule has 1 aromatic rings. The number of nitrogens with zero attached hydrogens (tertiary/aromatic N) is 2. The van der Waals surface area contributed by atoms with Crippen LogP contribution in [-0.2, 0) is 4.74 Å². The van der Waals surface area contributed by atoms with Crippen LogP contribution in [0.25, 0.3) is 0 Å². The Bertz CT molecular complexity index is 768. The molecule has 28 heavy (non-hydrogen) atoms. The molecular weight excluding hydrogens is 368 g/mol. The third-order valence-electron chi connectivity index (χ3n) is 4.64. The Labute approximate surface area is 173 Å². The van der Waals surface area contributed by atoms with E-state index in [1.54, 1.807) is 0 Å². The highest BCUT2D eigenvalue weighted by Crippen LogP contribution is 2.41. The van der Waals surface area contributed by atoms with E-state index in [1.807, 2.05) is 57.9 Å². The van der Waals surface area contributed by atoms with Gasteiger partial charge in [0.1, 0.15) is 5.37 Å². The smallest absolute Gasteiger partial charge is 0.338 e. The molecule has 1 aliphatic rings. The number of hydrogen-bond acceptors (Lipinski definition) is 5. The largest absolute Gasteiger partial charge is 0.462 e. The van der Waals surface area contributed by atoms with Crippen molar-refractivity contribution in [3.05, 3.63) is 65.4 Å². The second kappa shape index (κ2) is 10.5. The van der Waals surface area contributed by atoms with E-state index in [0.29, 0.717) is 12.2 Å². The van der Waals surface area contributed by atoms with Gasteiger partial charge in [-0.2, -0.15) is 0 Å². The first-order valence-electron chi connectivity index (χ1n) is 9.69. The van der Waals surface area contributed by atoms with Crippen LogP contribution in [-0.4, -0.2) is 49.2 Å². The normalized spacial score (nSPS) is 17.8. The van der Waals surface area contributed by atoms with Gasteiger partial charge in [-0.3, -0.25) is 0 Å².